The molecule has 0 heterocycles. The highest BCUT2D eigenvalue weighted by Gasteiger charge is 2.22. The number of esters is 1. The van der Waals surface area contributed by atoms with Crippen LogP contribution in [0.4, 0.5) is 0 Å². The topological polar surface area (TPSA) is 46.5 Å². The first kappa shape index (κ1) is 12.2. The summed E-state index contributed by atoms with van der Waals surface area (Å²) in [6, 6.07) is 0. The van der Waals surface area contributed by atoms with E-state index in [-0.39, 0.29) is 5.92 Å². The van der Waals surface area contributed by atoms with E-state index >= 15 is 0 Å². The zero-order valence-electron chi connectivity index (χ0n) is 8.76. The lowest BCUT2D eigenvalue weighted by Gasteiger charge is -2.22. The van der Waals surface area contributed by atoms with Crippen molar-refractivity contribution < 1.29 is 14.6 Å². The van der Waals surface area contributed by atoms with Crippen LogP contribution in [-0.2, 0) is 9.53 Å². The Balaban J connectivity index is 4.20. The van der Waals surface area contributed by atoms with Crippen LogP contribution >= 0.6 is 0 Å². The highest BCUT2D eigenvalue weighted by Crippen LogP contribution is 2.21. The van der Waals surface area contributed by atoms with Crippen LogP contribution in [0.5, 0.6) is 0 Å². The van der Waals surface area contributed by atoms with Crippen LogP contribution in [0, 0.1) is 5.92 Å². The summed E-state index contributed by atoms with van der Waals surface area (Å²) in [4.78, 5) is 11.0. The Labute approximate surface area is 79.4 Å². The standard InChI is InChI=1S/C10H18O3/c1-7(6-10(3,4)12)8(2)9(11)13-5/h7,12H,2,6H2,1,3-5H3. The molecular weight excluding hydrogens is 168 g/mol. The van der Waals surface area contributed by atoms with Gasteiger partial charge in [0.1, 0.15) is 0 Å². The van der Waals surface area contributed by atoms with E-state index in [9.17, 15) is 9.90 Å². The lowest BCUT2D eigenvalue weighted by molar-refractivity contribution is -0.136. The van der Waals surface area contributed by atoms with E-state index in [1.165, 1.54) is 7.11 Å². The van der Waals surface area contributed by atoms with Crippen molar-refractivity contribution in [3.63, 3.8) is 0 Å². The van der Waals surface area contributed by atoms with Crippen LogP contribution in [0.3, 0.4) is 0 Å². The van der Waals surface area contributed by atoms with Crippen molar-refractivity contribution in [1.82, 2.24) is 0 Å². The first-order valence-corrected chi connectivity index (χ1v) is 4.27. The molecule has 0 aliphatic rings. The first-order chi connectivity index (χ1) is 5.78. The minimum absolute atomic E-state index is 0.0625. The molecule has 0 aliphatic heterocycles. The minimum atomic E-state index is -0.781. The molecule has 13 heavy (non-hydrogen) atoms. The van der Waals surface area contributed by atoms with Crippen LogP contribution in [0.1, 0.15) is 27.2 Å². The van der Waals surface area contributed by atoms with E-state index in [0.29, 0.717) is 12.0 Å². The monoisotopic (exact) mass is 186 g/mol. The largest absolute Gasteiger partial charge is 0.466 e. The van der Waals surface area contributed by atoms with E-state index in [4.69, 9.17) is 0 Å². The van der Waals surface area contributed by atoms with Gasteiger partial charge in [-0.15, -0.1) is 0 Å². The molecular formula is C10H18O3. The van der Waals surface area contributed by atoms with Crippen molar-refractivity contribution in [2.24, 2.45) is 5.92 Å². The van der Waals surface area contributed by atoms with Gasteiger partial charge in [0.2, 0.25) is 0 Å². The lowest BCUT2D eigenvalue weighted by Crippen LogP contribution is -2.24. The summed E-state index contributed by atoms with van der Waals surface area (Å²) >= 11 is 0. The van der Waals surface area contributed by atoms with Gasteiger partial charge < -0.3 is 9.84 Å². The average Bonchev–Trinajstić information content (AvgIpc) is 1.98. The molecule has 0 spiro atoms. The molecule has 0 aromatic rings. The summed E-state index contributed by atoms with van der Waals surface area (Å²) in [5, 5.41) is 9.50. The van der Waals surface area contributed by atoms with E-state index in [2.05, 4.69) is 11.3 Å². The van der Waals surface area contributed by atoms with Gasteiger partial charge in [0.05, 0.1) is 12.7 Å². The predicted molar refractivity (Wildman–Crippen MR) is 51.2 cm³/mol. The van der Waals surface area contributed by atoms with Gasteiger partial charge in [-0.2, -0.15) is 0 Å². The number of carbonyl (C=O) groups is 1. The molecule has 3 heteroatoms. The normalized spacial score (nSPS) is 13.6. The fourth-order valence-corrected chi connectivity index (χ4v) is 1.20. The van der Waals surface area contributed by atoms with Gasteiger partial charge in [-0.3, -0.25) is 0 Å². The third kappa shape index (κ3) is 4.68. The molecule has 1 atom stereocenters. The maximum absolute atomic E-state index is 11.0. The van der Waals surface area contributed by atoms with Gasteiger partial charge in [-0.1, -0.05) is 13.5 Å². The quantitative estimate of drug-likeness (QED) is 0.534. The highest BCUT2D eigenvalue weighted by atomic mass is 16.5. The molecule has 0 aliphatic carbocycles. The van der Waals surface area contributed by atoms with Crippen LogP contribution in [0.15, 0.2) is 12.2 Å². The van der Waals surface area contributed by atoms with Crippen molar-refractivity contribution in [1.29, 1.82) is 0 Å². The molecule has 3 nitrogen and oxygen atoms in total. The fraction of sp³-hybridized carbons (Fsp3) is 0.700. The Hall–Kier alpha value is -0.830. The third-order valence-electron chi connectivity index (χ3n) is 1.85. The van der Waals surface area contributed by atoms with E-state index in [0.717, 1.165) is 0 Å². The second-order valence-corrected chi connectivity index (χ2v) is 3.93. The Morgan fingerprint density at radius 3 is 2.38 bits per heavy atom. The van der Waals surface area contributed by atoms with Gasteiger partial charge in [-0.25, -0.2) is 4.79 Å². The predicted octanol–water partition coefficient (Wildman–Crippen LogP) is 1.51. The van der Waals surface area contributed by atoms with Crippen molar-refractivity contribution in [3.8, 4) is 0 Å². The molecule has 0 fully saturated rings. The van der Waals surface area contributed by atoms with Gasteiger partial charge in [0, 0.05) is 5.57 Å². The van der Waals surface area contributed by atoms with E-state index < -0.39 is 11.6 Å². The number of rotatable bonds is 4. The van der Waals surface area contributed by atoms with Crippen molar-refractivity contribution >= 4 is 5.97 Å². The van der Waals surface area contributed by atoms with Crippen molar-refractivity contribution in [2.75, 3.05) is 7.11 Å². The Morgan fingerprint density at radius 2 is 2.08 bits per heavy atom. The zero-order chi connectivity index (χ0) is 10.6. The second kappa shape index (κ2) is 4.42. The number of hydrogen-bond donors (Lipinski definition) is 1. The maximum Gasteiger partial charge on any atom is 0.333 e. The molecule has 0 bridgehead atoms. The van der Waals surface area contributed by atoms with E-state index in [1.54, 1.807) is 13.8 Å². The molecule has 0 saturated carbocycles. The van der Waals surface area contributed by atoms with Crippen LogP contribution in [0.2, 0.25) is 0 Å². The summed E-state index contributed by atoms with van der Waals surface area (Å²) in [5.41, 5.74) is -0.374. The van der Waals surface area contributed by atoms with Crippen LogP contribution in [-0.4, -0.2) is 23.8 Å². The molecule has 1 N–H and O–H groups in total. The van der Waals surface area contributed by atoms with Crippen LogP contribution in [0.25, 0.3) is 0 Å². The number of ether oxygens (including phenoxy) is 1. The zero-order valence-corrected chi connectivity index (χ0v) is 8.76. The smallest absolute Gasteiger partial charge is 0.333 e. The molecule has 0 aromatic carbocycles. The molecule has 1 unspecified atom stereocenters. The summed E-state index contributed by atoms with van der Waals surface area (Å²) in [6.07, 6.45) is 0.501. The number of methoxy groups -OCH3 is 1. The Bertz CT molecular complexity index is 201. The fourth-order valence-electron chi connectivity index (χ4n) is 1.20. The molecule has 0 rings (SSSR count). The van der Waals surface area contributed by atoms with Crippen LogP contribution < -0.4 is 0 Å². The molecule has 76 valence electrons. The summed E-state index contributed by atoms with van der Waals surface area (Å²) < 4.78 is 4.53. The summed E-state index contributed by atoms with van der Waals surface area (Å²) in [7, 11) is 1.32. The molecule has 0 amide bonds. The van der Waals surface area contributed by atoms with Gasteiger partial charge in [-0.05, 0) is 26.2 Å². The van der Waals surface area contributed by atoms with E-state index in [1.807, 2.05) is 6.92 Å². The van der Waals surface area contributed by atoms with Crippen molar-refractivity contribution in [3.05, 3.63) is 12.2 Å². The molecule has 0 aromatic heterocycles. The molecule has 0 radical (unpaired) electrons. The third-order valence-corrected chi connectivity index (χ3v) is 1.85. The number of hydrogen-bond acceptors (Lipinski definition) is 3. The maximum atomic E-state index is 11.0. The average molecular weight is 186 g/mol. The van der Waals surface area contributed by atoms with Gasteiger partial charge in [0.15, 0.2) is 0 Å². The second-order valence-electron chi connectivity index (χ2n) is 3.93. The highest BCUT2D eigenvalue weighted by molar-refractivity contribution is 5.88. The van der Waals surface area contributed by atoms with Gasteiger partial charge in [0.25, 0.3) is 0 Å². The summed E-state index contributed by atoms with van der Waals surface area (Å²) in [5.74, 6) is -0.468. The summed E-state index contributed by atoms with van der Waals surface area (Å²) in [6.45, 7) is 8.87. The SMILES string of the molecule is C=C(C(=O)OC)C(C)CC(C)(C)O. The Kier molecular flexibility index (Phi) is 4.14. The number of aliphatic hydroxyl groups is 1. The Morgan fingerprint density at radius 1 is 1.62 bits per heavy atom. The first-order valence-electron chi connectivity index (χ1n) is 4.27. The minimum Gasteiger partial charge on any atom is -0.466 e. The molecule has 0 saturated heterocycles. The lowest BCUT2D eigenvalue weighted by atomic mass is 9.90. The number of carbonyl (C=O) groups excluding carboxylic acids is 1. The van der Waals surface area contributed by atoms with Gasteiger partial charge >= 0.3 is 5.97 Å². The van der Waals surface area contributed by atoms with Crippen molar-refractivity contribution in [2.45, 2.75) is 32.8 Å².